The summed E-state index contributed by atoms with van der Waals surface area (Å²) in [7, 11) is 0. The van der Waals surface area contributed by atoms with Gasteiger partial charge in [-0.3, -0.25) is 14.5 Å². The van der Waals surface area contributed by atoms with Crippen LogP contribution in [0.15, 0.2) is 66.7 Å². The Bertz CT molecular complexity index is 1220. The molecule has 0 aliphatic carbocycles. The number of anilines is 2. The molecule has 0 saturated carbocycles. The molecule has 2 amide bonds. The van der Waals surface area contributed by atoms with Crippen molar-refractivity contribution < 1.29 is 9.59 Å². The summed E-state index contributed by atoms with van der Waals surface area (Å²) < 4.78 is 0. The number of nitrogens with zero attached hydrogens (tertiary/aromatic N) is 2. The molecule has 1 N–H and O–H groups in total. The van der Waals surface area contributed by atoms with E-state index in [2.05, 4.69) is 72.6 Å². The summed E-state index contributed by atoms with van der Waals surface area (Å²) in [6.07, 6.45) is 4.52. The smallest absolute Gasteiger partial charge is 0.231 e. The zero-order valence-electron chi connectivity index (χ0n) is 22.4. The topological polar surface area (TPSA) is 52.7 Å². The van der Waals surface area contributed by atoms with Gasteiger partial charge in [0.2, 0.25) is 11.8 Å². The van der Waals surface area contributed by atoms with Crippen molar-refractivity contribution in [1.29, 1.82) is 0 Å². The van der Waals surface area contributed by atoms with E-state index in [9.17, 15) is 9.59 Å². The maximum Gasteiger partial charge on any atom is 0.231 e. The van der Waals surface area contributed by atoms with Gasteiger partial charge in [-0.25, -0.2) is 0 Å². The summed E-state index contributed by atoms with van der Waals surface area (Å²) in [5.74, 6) is 0.357. The molecule has 0 saturated heterocycles. The van der Waals surface area contributed by atoms with E-state index in [-0.39, 0.29) is 11.8 Å². The number of fused-ring (bicyclic) bond motifs is 2. The van der Waals surface area contributed by atoms with E-state index in [1.165, 1.54) is 28.7 Å². The van der Waals surface area contributed by atoms with Crippen LogP contribution >= 0.6 is 0 Å². The van der Waals surface area contributed by atoms with E-state index in [4.69, 9.17) is 0 Å². The van der Waals surface area contributed by atoms with Crippen molar-refractivity contribution in [3.63, 3.8) is 0 Å². The molecule has 5 rings (SSSR count). The van der Waals surface area contributed by atoms with Gasteiger partial charge in [0.1, 0.15) is 0 Å². The summed E-state index contributed by atoms with van der Waals surface area (Å²) in [5.41, 5.74) is 8.23. The summed E-state index contributed by atoms with van der Waals surface area (Å²) in [4.78, 5) is 27.7. The van der Waals surface area contributed by atoms with Gasteiger partial charge in [-0.15, -0.1) is 0 Å². The molecule has 0 spiro atoms. The first-order chi connectivity index (χ1) is 17.9. The number of unbranched alkanes of at least 4 members (excludes halogenated alkanes) is 2. The van der Waals surface area contributed by atoms with Crippen molar-refractivity contribution >= 4 is 23.2 Å². The lowest BCUT2D eigenvalue weighted by Gasteiger charge is -2.21. The number of nitrogens with one attached hydrogen (secondary N) is 1. The average molecular weight is 498 g/mol. The number of amides is 2. The Kier molecular flexibility index (Phi) is 9.13. The molecule has 194 valence electrons. The fourth-order valence-corrected chi connectivity index (χ4v) is 5.09. The van der Waals surface area contributed by atoms with E-state index >= 15 is 0 Å². The summed E-state index contributed by atoms with van der Waals surface area (Å²) >= 11 is 0. The minimum Gasteiger partial charge on any atom is -0.326 e. The van der Waals surface area contributed by atoms with Gasteiger partial charge in [0.15, 0.2) is 0 Å². The maximum atomic E-state index is 12.3. The Morgan fingerprint density at radius 3 is 2.32 bits per heavy atom. The van der Waals surface area contributed by atoms with E-state index in [1.807, 2.05) is 30.0 Å². The number of aryl methyl sites for hydroxylation is 2. The second kappa shape index (κ2) is 12.7. The molecule has 37 heavy (non-hydrogen) atoms. The van der Waals surface area contributed by atoms with Crippen LogP contribution in [0.25, 0.3) is 0 Å². The molecule has 2 aliphatic heterocycles. The first-order valence-corrected chi connectivity index (χ1v) is 13.5. The van der Waals surface area contributed by atoms with E-state index < -0.39 is 0 Å². The van der Waals surface area contributed by atoms with Crippen LogP contribution in [0.4, 0.5) is 11.4 Å². The lowest BCUT2D eigenvalue weighted by Crippen LogP contribution is -2.28. The molecular weight excluding hydrogens is 458 g/mol. The highest BCUT2D eigenvalue weighted by Crippen LogP contribution is 2.30. The third-order valence-corrected chi connectivity index (χ3v) is 7.11. The zero-order valence-corrected chi connectivity index (χ0v) is 22.4. The minimum absolute atomic E-state index is 0.102. The van der Waals surface area contributed by atoms with Gasteiger partial charge in [0.25, 0.3) is 0 Å². The van der Waals surface area contributed by atoms with Crippen LogP contribution in [0.2, 0.25) is 0 Å². The molecule has 0 atom stereocenters. The SMILES string of the molecule is CCN(CCCCCN1C(=O)Cc2cc(C)ccc21)Cc1ccccc1.Cc1ccc2c(c1)CC(=O)N2. The largest absolute Gasteiger partial charge is 0.326 e. The van der Waals surface area contributed by atoms with Crippen molar-refractivity contribution in [2.24, 2.45) is 0 Å². The molecule has 0 aromatic heterocycles. The maximum absolute atomic E-state index is 12.3. The second-order valence-electron chi connectivity index (χ2n) is 10.2. The fourth-order valence-electron chi connectivity index (χ4n) is 5.09. The Labute approximate surface area is 221 Å². The van der Waals surface area contributed by atoms with Crippen LogP contribution in [-0.4, -0.2) is 36.3 Å². The van der Waals surface area contributed by atoms with Gasteiger partial charge in [-0.1, -0.05) is 79.1 Å². The summed E-state index contributed by atoms with van der Waals surface area (Å²) in [5, 5.41) is 2.79. The lowest BCUT2D eigenvalue weighted by molar-refractivity contribution is -0.117. The summed E-state index contributed by atoms with van der Waals surface area (Å²) in [6, 6.07) is 23.0. The molecular formula is C32H39N3O2. The molecule has 5 nitrogen and oxygen atoms in total. The van der Waals surface area contributed by atoms with Crippen LogP contribution in [0.3, 0.4) is 0 Å². The summed E-state index contributed by atoms with van der Waals surface area (Å²) in [6.45, 7) is 10.4. The molecule has 5 heteroatoms. The standard InChI is InChI=1S/C23H30N2O.C9H9NO/c1-3-24(18-20-10-6-4-7-11-20)14-8-5-9-15-25-22-13-12-19(2)16-21(22)17-23(25)26;1-6-2-3-8-7(4-6)5-9(11)10-8/h4,6-7,10-13,16H,3,5,8-9,14-15,17-18H2,1-2H3;2-4H,5H2,1H3,(H,10,11). The van der Waals surface area contributed by atoms with Crippen LogP contribution in [0.1, 0.15) is 54.0 Å². The molecule has 3 aromatic carbocycles. The number of rotatable bonds is 9. The first kappa shape index (κ1) is 26.6. The normalized spacial score (nSPS) is 13.8. The highest BCUT2D eigenvalue weighted by Gasteiger charge is 2.26. The van der Waals surface area contributed by atoms with E-state index in [1.54, 1.807) is 0 Å². The third kappa shape index (κ3) is 7.30. The van der Waals surface area contributed by atoms with Gasteiger partial charge in [0, 0.05) is 24.5 Å². The monoisotopic (exact) mass is 497 g/mol. The van der Waals surface area contributed by atoms with Gasteiger partial charge in [-0.05, 0) is 68.6 Å². The number of carbonyl (C=O) groups is 2. The second-order valence-corrected chi connectivity index (χ2v) is 10.2. The lowest BCUT2D eigenvalue weighted by atomic mass is 10.1. The molecule has 0 fully saturated rings. The van der Waals surface area contributed by atoms with Crippen LogP contribution < -0.4 is 10.2 Å². The van der Waals surface area contributed by atoms with Gasteiger partial charge < -0.3 is 10.2 Å². The van der Waals surface area contributed by atoms with Gasteiger partial charge in [0.05, 0.1) is 12.8 Å². The van der Waals surface area contributed by atoms with Crippen molar-refractivity contribution in [1.82, 2.24) is 4.90 Å². The Hall–Kier alpha value is -3.44. The van der Waals surface area contributed by atoms with Crippen LogP contribution in [0, 0.1) is 13.8 Å². The Balaban J connectivity index is 0.000000241. The first-order valence-electron chi connectivity index (χ1n) is 13.5. The average Bonchev–Trinajstić information content (AvgIpc) is 3.41. The molecule has 2 heterocycles. The van der Waals surface area contributed by atoms with Crippen molar-refractivity contribution in [2.75, 3.05) is 29.9 Å². The third-order valence-electron chi connectivity index (χ3n) is 7.11. The van der Waals surface area contributed by atoms with Crippen molar-refractivity contribution in [3.8, 4) is 0 Å². The minimum atomic E-state index is 0.102. The highest BCUT2D eigenvalue weighted by molar-refractivity contribution is 6.01. The van der Waals surface area contributed by atoms with Gasteiger partial charge in [-0.2, -0.15) is 0 Å². The molecule has 0 radical (unpaired) electrons. The van der Waals surface area contributed by atoms with Crippen LogP contribution in [-0.2, 0) is 29.0 Å². The van der Waals surface area contributed by atoms with Crippen LogP contribution in [0.5, 0.6) is 0 Å². The Morgan fingerprint density at radius 1 is 0.838 bits per heavy atom. The number of benzene rings is 3. The molecule has 3 aromatic rings. The quantitative estimate of drug-likeness (QED) is 0.365. The Morgan fingerprint density at radius 2 is 1.57 bits per heavy atom. The van der Waals surface area contributed by atoms with E-state index in [0.717, 1.165) is 56.0 Å². The molecule has 0 bridgehead atoms. The van der Waals surface area contributed by atoms with Gasteiger partial charge >= 0.3 is 0 Å². The molecule has 2 aliphatic rings. The highest BCUT2D eigenvalue weighted by atomic mass is 16.2. The zero-order chi connectivity index (χ0) is 26.2. The number of hydrogen-bond acceptors (Lipinski definition) is 3. The number of hydrogen-bond donors (Lipinski definition) is 1. The van der Waals surface area contributed by atoms with Crippen molar-refractivity contribution in [3.05, 3.63) is 94.5 Å². The predicted octanol–water partition coefficient (Wildman–Crippen LogP) is 6.07. The van der Waals surface area contributed by atoms with Crippen molar-refractivity contribution in [2.45, 2.75) is 59.4 Å². The fraction of sp³-hybridized carbons (Fsp3) is 0.375. The van der Waals surface area contributed by atoms with E-state index in [0.29, 0.717) is 12.8 Å². The predicted molar refractivity (Wildman–Crippen MR) is 152 cm³/mol. The number of carbonyl (C=O) groups excluding carboxylic acids is 2. The molecule has 0 unspecified atom stereocenters.